The van der Waals surface area contributed by atoms with E-state index in [0.717, 1.165) is 17.3 Å². The van der Waals surface area contributed by atoms with E-state index in [1.54, 1.807) is 30.3 Å². The number of rotatable bonds is 5. The van der Waals surface area contributed by atoms with Crippen molar-refractivity contribution in [3.8, 4) is 0 Å². The van der Waals surface area contributed by atoms with E-state index < -0.39 is 17.5 Å². The van der Waals surface area contributed by atoms with Gasteiger partial charge in [-0.15, -0.1) is 22.7 Å². The SMILES string of the molecule is C[N+]1(C)[C@@H]2CC(OC(=O)C(O)(c3cccs3)c3cccs3)C[C@@H]1[C@H]1O[C@H]12.O=C([O-])c1ccccc1. The Morgan fingerprint density at radius 2 is 1.51 bits per heavy atom. The lowest BCUT2D eigenvalue weighted by Crippen LogP contribution is -2.60. The highest BCUT2D eigenvalue weighted by atomic mass is 32.1. The van der Waals surface area contributed by atoms with Crippen molar-refractivity contribution in [1.29, 1.82) is 0 Å². The molecule has 9 heteroatoms. The fourth-order valence-corrected chi connectivity index (χ4v) is 7.12. The van der Waals surface area contributed by atoms with Crippen molar-refractivity contribution in [2.75, 3.05) is 14.1 Å². The van der Waals surface area contributed by atoms with E-state index >= 15 is 0 Å². The quantitative estimate of drug-likeness (QED) is 0.320. The van der Waals surface area contributed by atoms with Gasteiger partial charge < -0.3 is 29.0 Å². The fourth-order valence-electron chi connectivity index (χ4n) is 5.40. The predicted octanol–water partition coefficient (Wildman–Crippen LogP) is 2.40. The number of thiophene rings is 2. The second-order valence-electron chi connectivity index (χ2n) is 9.65. The highest BCUT2D eigenvalue weighted by molar-refractivity contribution is 7.12. The van der Waals surface area contributed by atoms with E-state index in [1.165, 1.54) is 34.8 Å². The number of ether oxygens (including phenoxy) is 2. The molecule has 3 fully saturated rings. The highest BCUT2D eigenvalue weighted by Gasteiger charge is 2.71. The van der Waals surface area contributed by atoms with Crippen LogP contribution in [0.5, 0.6) is 0 Å². The van der Waals surface area contributed by atoms with Gasteiger partial charge in [0.1, 0.15) is 30.4 Å². The molecule has 3 aliphatic heterocycles. The molecule has 3 aromatic rings. The molecular weight excluding hydrogens is 486 g/mol. The minimum absolute atomic E-state index is 0.161. The number of esters is 1. The molecule has 7 nitrogen and oxygen atoms in total. The number of benzene rings is 1. The lowest BCUT2D eigenvalue weighted by Gasteiger charge is -2.45. The molecule has 5 heterocycles. The van der Waals surface area contributed by atoms with E-state index in [-0.39, 0.29) is 11.7 Å². The number of piperidine rings is 1. The number of carbonyl (C=O) groups is 2. The van der Waals surface area contributed by atoms with Crippen molar-refractivity contribution in [2.45, 2.75) is 48.8 Å². The van der Waals surface area contributed by atoms with Crippen molar-refractivity contribution >= 4 is 34.6 Å². The maximum atomic E-state index is 13.1. The number of hydrogen-bond donors (Lipinski definition) is 1. The summed E-state index contributed by atoms with van der Waals surface area (Å²) in [5.74, 6) is -1.69. The van der Waals surface area contributed by atoms with Gasteiger partial charge in [0, 0.05) is 12.8 Å². The van der Waals surface area contributed by atoms with Crippen LogP contribution in [-0.4, -0.2) is 66.0 Å². The molecule has 5 atom stereocenters. The Balaban J connectivity index is 0.000000239. The highest BCUT2D eigenvalue weighted by Crippen LogP contribution is 2.52. The van der Waals surface area contributed by atoms with Crippen molar-refractivity contribution in [3.05, 3.63) is 80.7 Å². The third-order valence-electron chi connectivity index (χ3n) is 7.37. The molecule has 1 N–H and O–H groups in total. The first-order valence-electron chi connectivity index (χ1n) is 11.5. The number of carbonyl (C=O) groups excluding carboxylic acids is 2. The van der Waals surface area contributed by atoms with Crippen LogP contribution in [0.3, 0.4) is 0 Å². The molecular formula is C26H27NO6S2. The molecule has 1 aromatic carbocycles. The second kappa shape index (κ2) is 9.15. The largest absolute Gasteiger partial charge is 0.545 e. The number of aliphatic hydroxyl groups is 1. The molecule has 1 unspecified atom stereocenters. The predicted molar refractivity (Wildman–Crippen MR) is 130 cm³/mol. The first-order chi connectivity index (χ1) is 16.7. The summed E-state index contributed by atoms with van der Waals surface area (Å²) >= 11 is 2.74. The van der Waals surface area contributed by atoms with Gasteiger partial charge in [0.05, 0.1) is 29.8 Å². The normalized spacial score (nSPS) is 27.8. The molecule has 35 heavy (non-hydrogen) atoms. The van der Waals surface area contributed by atoms with Gasteiger partial charge >= 0.3 is 5.97 Å². The Morgan fingerprint density at radius 1 is 0.971 bits per heavy atom. The summed E-state index contributed by atoms with van der Waals surface area (Å²) < 4.78 is 12.6. The van der Waals surface area contributed by atoms with Crippen LogP contribution in [-0.2, 0) is 19.9 Å². The molecule has 0 amide bonds. The summed E-state index contributed by atoms with van der Waals surface area (Å²) in [6, 6.07) is 16.1. The summed E-state index contributed by atoms with van der Waals surface area (Å²) in [4.78, 5) is 24.4. The summed E-state index contributed by atoms with van der Waals surface area (Å²) in [6.45, 7) is 0. The van der Waals surface area contributed by atoms with Crippen LogP contribution in [0.25, 0.3) is 0 Å². The minimum Gasteiger partial charge on any atom is -0.545 e. The lowest BCUT2D eigenvalue weighted by molar-refractivity contribution is -0.938. The van der Waals surface area contributed by atoms with Crippen LogP contribution in [0.15, 0.2) is 65.4 Å². The Bertz CT molecular complexity index is 1120. The van der Waals surface area contributed by atoms with Crippen LogP contribution >= 0.6 is 22.7 Å². The first-order valence-corrected chi connectivity index (χ1v) is 13.3. The average Bonchev–Trinajstić information content (AvgIpc) is 3.19. The summed E-state index contributed by atoms with van der Waals surface area (Å²) in [6.07, 6.45) is 2.05. The second-order valence-corrected chi connectivity index (χ2v) is 11.5. The van der Waals surface area contributed by atoms with Gasteiger partial charge in [-0.3, -0.25) is 0 Å². The van der Waals surface area contributed by atoms with Crippen LogP contribution in [0.1, 0.15) is 33.0 Å². The first kappa shape index (κ1) is 24.1. The van der Waals surface area contributed by atoms with Crippen molar-refractivity contribution < 1.29 is 33.8 Å². The van der Waals surface area contributed by atoms with Gasteiger partial charge in [0.25, 0.3) is 0 Å². The Kier molecular flexibility index (Phi) is 6.31. The van der Waals surface area contributed by atoms with Crippen LogP contribution < -0.4 is 5.11 Å². The average molecular weight is 514 g/mol. The van der Waals surface area contributed by atoms with Gasteiger partial charge in [-0.1, -0.05) is 42.5 Å². The molecule has 0 saturated carbocycles. The summed E-state index contributed by atoms with van der Waals surface area (Å²) in [5, 5.41) is 25.2. The standard InChI is InChI=1S/C19H22NO4S2.C7H6O2/c1-20(2)12-9-11(10-13(20)17-16(12)24-17)23-18(21)19(22,14-5-3-7-25-14)15-6-4-8-26-15;8-7(9)6-4-2-1-3-5-6/h3-8,11-13,16-17,22H,9-10H2,1-2H3;1-5H,(H,8,9)/q+1;/p-1/t11?,12-,13-,16-,17+;/m1./s1. The summed E-state index contributed by atoms with van der Waals surface area (Å²) in [7, 11) is 4.49. The molecule has 0 aliphatic carbocycles. The van der Waals surface area contributed by atoms with E-state index in [0.29, 0.717) is 34.0 Å². The van der Waals surface area contributed by atoms with Gasteiger partial charge in [0.2, 0.25) is 5.60 Å². The summed E-state index contributed by atoms with van der Waals surface area (Å²) in [5.41, 5.74) is -1.50. The molecule has 2 aromatic heterocycles. The van der Waals surface area contributed by atoms with E-state index in [1.807, 2.05) is 22.9 Å². The molecule has 184 valence electrons. The number of likely N-dealkylation sites (N-methyl/N-ethyl adjacent to an activating group) is 1. The Labute approximate surface area is 211 Å². The number of epoxide rings is 1. The maximum Gasteiger partial charge on any atom is 0.349 e. The zero-order valence-electron chi connectivity index (χ0n) is 19.4. The monoisotopic (exact) mass is 513 g/mol. The Morgan fingerprint density at radius 3 is 1.94 bits per heavy atom. The number of quaternary nitrogens is 1. The van der Waals surface area contributed by atoms with E-state index in [4.69, 9.17) is 9.47 Å². The Hall–Kier alpha value is -2.56. The molecule has 0 radical (unpaired) electrons. The lowest BCUT2D eigenvalue weighted by atomic mass is 9.95. The number of fused-ring (bicyclic) bond motifs is 5. The minimum atomic E-state index is -1.72. The van der Waals surface area contributed by atoms with Crippen molar-refractivity contribution in [3.63, 3.8) is 0 Å². The third kappa shape index (κ3) is 4.32. The number of carboxylic acid groups (broad SMARTS) is 1. The topological polar surface area (TPSA) is 99.2 Å². The number of morpholine rings is 1. The van der Waals surface area contributed by atoms with Crippen LogP contribution in [0.2, 0.25) is 0 Å². The fraction of sp³-hybridized carbons (Fsp3) is 0.385. The molecule has 0 spiro atoms. The third-order valence-corrected chi connectivity index (χ3v) is 9.33. The zero-order chi connectivity index (χ0) is 24.8. The molecule has 3 aliphatic rings. The maximum absolute atomic E-state index is 13.1. The van der Waals surface area contributed by atoms with E-state index in [2.05, 4.69) is 14.1 Å². The number of hydrogen-bond acceptors (Lipinski definition) is 8. The van der Waals surface area contributed by atoms with Gasteiger partial charge in [-0.2, -0.15) is 0 Å². The van der Waals surface area contributed by atoms with Crippen LogP contribution in [0, 0.1) is 0 Å². The van der Waals surface area contributed by atoms with Crippen molar-refractivity contribution in [1.82, 2.24) is 0 Å². The molecule has 6 rings (SSSR count). The number of carboxylic acids is 1. The van der Waals surface area contributed by atoms with Crippen LogP contribution in [0.4, 0.5) is 0 Å². The van der Waals surface area contributed by atoms with Gasteiger partial charge in [-0.25, -0.2) is 4.79 Å². The number of aromatic carboxylic acids is 1. The molecule has 3 saturated heterocycles. The number of nitrogens with zero attached hydrogens (tertiary/aromatic N) is 1. The molecule has 2 bridgehead atoms. The smallest absolute Gasteiger partial charge is 0.349 e. The van der Waals surface area contributed by atoms with Gasteiger partial charge in [0.15, 0.2) is 0 Å². The van der Waals surface area contributed by atoms with E-state index in [9.17, 15) is 19.8 Å². The zero-order valence-corrected chi connectivity index (χ0v) is 21.0. The van der Waals surface area contributed by atoms with Gasteiger partial charge in [-0.05, 0) is 28.5 Å². The van der Waals surface area contributed by atoms with Crippen molar-refractivity contribution in [2.24, 2.45) is 0 Å².